The molecule has 1 aromatic carbocycles. The molecule has 1 aliphatic rings. The van der Waals surface area contributed by atoms with Crippen LogP contribution in [-0.2, 0) is 25.6 Å². The minimum absolute atomic E-state index is 0.0210. The summed E-state index contributed by atoms with van der Waals surface area (Å²) in [6.45, 7) is 5.97. The Labute approximate surface area is 194 Å². The topological polar surface area (TPSA) is 130 Å². The largest absolute Gasteiger partial charge is 0.465 e. The number of nitrogens with one attached hydrogen (secondary N) is 2. The third-order valence-electron chi connectivity index (χ3n) is 5.02. The van der Waals surface area contributed by atoms with Gasteiger partial charge in [0, 0.05) is 13.1 Å². The summed E-state index contributed by atoms with van der Waals surface area (Å²) in [6.07, 6.45) is 0.438. The number of carbonyl (C=O) groups excluding carboxylic acids is 3. The van der Waals surface area contributed by atoms with Gasteiger partial charge in [-0.15, -0.1) is 0 Å². The van der Waals surface area contributed by atoms with Crippen LogP contribution < -0.4 is 10.6 Å². The molecule has 1 aliphatic heterocycles. The van der Waals surface area contributed by atoms with Gasteiger partial charge in [0.15, 0.2) is 0 Å². The summed E-state index contributed by atoms with van der Waals surface area (Å²) in [5.41, 5.74) is 1.24. The maximum absolute atomic E-state index is 12.8. The van der Waals surface area contributed by atoms with Crippen LogP contribution in [0.25, 0.3) is 0 Å². The fourth-order valence-electron chi connectivity index (χ4n) is 3.24. The molecule has 1 saturated heterocycles. The van der Waals surface area contributed by atoms with E-state index in [2.05, 4.69) is 15.4 Å². The van der Waals surface area contributed by atoms with Gasteiger partial charge in [0.2, 0.25) is 5.91 Å². The van der Waals surface area contributed by atoms with Crippen molar-refractivity contribution in [1.82, 2.24) is 15.5 Å². The number of hydrogen-bond acceptors (Lipinski definition) is 7. The van der Waals surface area contributed by atoms with Crippen LogP contribution in [0.15, 0.2) is 24.3 Å². The van der Waals surface area contributed by atoms with Crippen LogP contribution in [0.5, 0.6) is 0 Å². The van der Waals surface area contributed by atoms with E-state index in [1.807, 2.05) is 19.9 Å². The molecule has 0 bridgehead atoms. The number of rotatable bonds is 10. The Balaban J connectivity index is 1.87. The van der Waals surface area contributed by atoms with Crippen molar-refractivity contribution < 1.29 is 28.6 Å². The van der Waals surface area contributed by atoms with Crippen molar-refractivity contribution in [3.05, 3.63) is 35.4 Å². The molecule has 3 amide bonds. The maximum Gasteiger partial charge on any atom is 0.337 e. The number of carbonyl (C=O) groups is 3. The van der Waals surface area contributed by atoms with E-state index in [9.17, 15) is 19.6 Å². The molecule has 0 aromatic heterocycles. The number of urea groups is 1. The van der Waals surface area contributed by atoms with Gasteiger partial charge >= 0.3 is 12.0 Å². The van der Waals surface area contributed by atoms with Crippen LogP contribution in [0.3, 0.4) is 0 Å². The lowest BCUT2D eigenvalue weighted by atomic mass is 10.0. The monoisotopic (exact) mass is 460 g/mol. The summed E-state index contributed by atoms with van der Waals surface area (Å²) in [5, 5.41) is 14.9. The molecule has 1 heterocycles. The Morgan fingerprint density at radius 2 is 1.82 bits per heavy atom. The van der Waals surface area contributed by atoms with Gasteiger partial charge < -0.3 is 29.7 Å². The van der Waals surface area contributed by atoms with Gasteiger partial charge in [-0.3, -0.25) is 4.79 Å². The lowest BCUT2D eigenvalue weighted by Gasteiger charge is -2.29. The van der Waals surface area contributed by atoms with E-state index >= 15 is 0 Å². The van der Waals surface area contributed by atoms with Crippen LogP contribution in [0.4, 0.5) is 4.79 Å². The molecule has 180 valence electrons. The maximum atomic E-state index is 12.8. The van der Waals surface area contributed by atoms with Crippen molar-refractivity contribution >= 4 is 17.9 Å². The summed E-state index contributed by atoms with van der Waals surface area (Å²) in [5.74, 6) is -0.690. The predicted octanol–water partition coefficient (Wildman–Crippen LogP) is 1.45. The van der Waals surface area contributed by atoms with Crippen molar-refractivity contribution in [2.75, 3.05) is 40.0 Å². The van der Waals surface area contributed by atoms with E-state index in [0.717, 1.165) is 5.56 Å². The Kier molecular flexibility index (Phi) is 10.6. The molecule has 0 radical (unpaired) electrons. The molecule has 2 N–H and O–H groups in total. The standard InChI is InChI=1S/C23H32N4O6/c1-16(2)12-20(26-23(30)27-8-10-32-11-9-27)21(28)25-19(13-24)15-33-14-17-4-6-18(7-5-17)22(29)31-3/h4-7,16,19-20H,8-12,14-15H2,1-3H3,(H,25,28)(H,26,30)/t19-,20+/m1/s1. The van der Waals surface area contributed by atoms with E-state index < -0.39 is 24.0 Å². The molecule has 0 spiro atoms. The van der Waals surface area contributed by atoms with Crippen molar-refractivity contribution in [2.45, 2.75) is 39.0 Å². The van der Waals surface area contributed by atoms with Gasteiger partial charge in [-0.05, 0) is 30.0 Å². The predicted molar refractivity (Wildman–Crippen MR) is 119 cm³/mol. The minimum Gasteiger partial charge on any atom is -0.465 e. The van der Waals surface area contributed by atoms with Crippen LogP contribution in [-0.4, -0.2) is 74.9 Å². The van der Waals surface area contributed by atoms with Crippen LogP contribution in [0, 0.1) is 17.2 Å². The summed E-state index contributed by atoms with van der Waals surface area (Å²) >= 11 is 0. The molecule has 33 heavy (non-hydrogen) atoms. The van der Waals surface area contributed by atoms with Crippen LogP contribution in [0.2, 0.25) is 0 Å². The average Bonchev–Trinajstić information content (AvgIpc) is 2.83. The summed E-state index contributed by atoms with van der Waals surface area (Å²) in [7, 11) is 1.31. The van der Waals surface area contributed by atoms with Crippen molar-refractivity contribution in [3.63, 3.8) is 0 Å². The molecule has 1 fully saturated rings. The number of methoxy groups -OCH3 is 1. The summed E-state index contributed by atoms with van der Waals surface area (Å²) in [4.78, 5) is 38.4. The Hall–Kier alpha value is -3.16. The van der Waals surface area contributed by atoms with Crippen LogP contribution in [0.1, 0.15) is 36.2 Å². The Morgan fingerprint density at radius 3 is 2.39 bits per heavy atom. The van der Waals surface area contributed by atoms with E-state index in [1.54, 1.807) is 29.2 Å². The Morgan fingerprint density at radius 1 is 1.15 bits per heavy atom. The smallest absolute Gasteiger partial charge is 0.337 e. The zero-order valence-electron chi connectivity index (χ0n) is 19.3. The number of nitriles is 1. The normalized spacial score (nSPS) is 15.3. The number of benzene rings is 1. The fourth-order valence-corrected chi connectivity index (χ4v) is 3.24. The van der Waals surface area contributed by atoms with Gasteiger partial charge in [0.1, 0.15) is 12.1 Å². The number of morpholine rings is 1. The highest BCUT2D eigenvalue weighted by atomic mass is 16.5. The average molecular weight is 461 g/mol. The third kappa shape index (κ3) is 8.71. The first-order valence-corrected chi connectivity index (χ1v) is 10.9. The Bertz CT molecular complexity index is 830. The number of nitrogens with zero attached hydrogens (tertiary/aromatic N) is 2. The number of ether oxygens (including phenoxy) is 3. The third-order valence-corrected chi connectivity index (χ3v) is 5.02. The summed E-state index contributed by atoms with van der Waals surface area (Å²) < 4.78 is 15.5. The SMILES string of the molecule is COC(=O)c1ccc(COC[C@@H](C#N)NC(=O)[C@H](CC(C)C)NC(=O)N2CCOCC2)cc1. The van der Waals surface area contributed by atoms with Crippen molar-refractivity contribution in [1.29, 1.82) is 5.26 Å². The minimum atomic E-state index is -0.873. The van der Waals surface area contributed by atoms with Gasteiger partial charge in [-0.25, -0.2) is 9.59 Å². The van der Waals surface area contributed by atoms with E-state index in [0.29, 0.717) is 38.3 Å². The van der Waals surface area contributed by atoms with E-state index in [1.165, 1.54) is 7.11 Å². The van der Waals surface area contributed by atoms with Crippen molar-refractivity contribution in [3.8, 4) is 6.07 Å². The fraction of sp³-hybridized carbons (Fsp3) is 0.565. The zero-order chi connectivity index (χ0) is 24.2. The first-order chi connectivity index (χ1) is 15.8. The highest BCUT2D eigenvalue weighted by Gasteiger charge is 2.27. The second-order valence-electron chi connectivity index (χ2n) is 8.12. The lowest BCUT2D eigenvalue weighted by Crippen LogP contribution is -2.55. The second-order valence-corrected chi connectivity index (χ2v) is 8.12. The van der Waals surface area contributed by atoms with Gasteiger partial charge in [0.25, 0.3) is 0 Å². The number of hydrogen-bond donors (Lipinski definition) is 2. The van der Waals surface area contributed by atoms with Crippen LogP contribution >= 0.6 is 0 Å². The van der Waals surface area contributed by atoms with E-state index in [-0.39, 0.29) is 25.2 Å². The molecule has 2 atom stereocenters. The zero-order valence-corrected chi connectivity index (χ0v) is 19.3. The first-order valence-electron chi connectivity index (χ1n) is 10.9. The molecule has 10 nitrogen and oxygen atoms in total. The molecule has 1 aromatic rings. The molecule has 0 aliphatic carbocycles. The first kappa shape index (κ1) is 26.1. The molecule has 0 saturated carbocycles. The molecular formula is C23H32N4O6. The number of amides is 3. The number of esters is 1. The molecule has 2 rings (SSSR count). The second kappa shape index (κ2) is 13.4. The van der Waals surface area contributed by atoms with E-state index in [4.69, 9.17) is 9.47 Å². The van der Waals surface area contributed by atoms with Crippen molar-refractivity contribution in [2.24, 2.45) is 5.92 Å². The summed E-state index contributed by atoms with van der Waals surface area (Å²) in [6, 6.07) is 6.77. The highest BCUT2D eigenvalue weighted by molar-refractivity contribution is 5.89. The molecule has 0 unspecified atom stereocenters. The lowest BCUT2D eigenvalue weighted by molar-refractivity contribution is -0.124. The molecular weight excluding hydrogens is 428 g/mol. The van der Waals surface area contributed by atoms with Gasteiger partial charge in [-0.2, -0.15) is 5.26 Å². The molecule has 10 heteroatoms. The quantitative estimate of drug-likeness (QED) is 0.506. The highest BCUT2D eigenvalue weighted by Crippen LogP contribution is 2.09. The van der Waals surface area contributed by atoms with Gasteiger partial charge in [0.05, 0.1) is 45.2 Å². The van der Waals surface area contributed by atoms with Gasteiger partial charge in [-0.1, -0.05) is 26.0 Å².